The first-order valence-corrected chi connectivity index (χ1v) is 7.00. The second-order valence-electron chi connectivity index (χ2n) is 4.25. The van der Waals surface area contributed by atoms with E-state index in [2.05, 4.69) is 0 Å². The number of aliphatic hydroxyl groups is 1. The van der Waals surface area contributed by atoms with Crippen LogP contribution in [0.25, 0.3) is 0 Å². The highest BCUT2D eigenvalue weighted by Gasteiger charge is 2.24. The van der Waals surface area contributed by atoms with Gasteiger partial charge in [-0.25, -0.2) is 12.7 Å². The highest BCUT2D eigenvalue weighted by Crippen LogP contribution is 2.13. The van der Waals surface area contributed by atoms with E-state index in [1.807, 2.05) is 20.8 Å². The zero-order valence-electron chi connectivity index (χ0n) is 10.1. The molecule has 0 aliphatic rings. The summed E-state index contributed by atoms with van der Waals surface area (Å²) in [5.74, 6) is 0.434. The summed E-state index contributed by atoms with van der Waals surface area (Å²) in [6.45, 7) is 5.97. The van der Waals surface area contributed by atoms with E-state index >= 15 is 0 Å². The lowest BCUT2D eigenvalue weighted by molar-refractivity contribution is 0.285. The predicted molar refractivity (Wildman–Crippen MR) is 62.2 cm³/mol. The zero-order valence-corrected chi connectivity index (χ0v) is 10.9. The van der Waals surface area contributed by atoms with Gasteiger partial charge in [-0.1, -0.05) is 13.8 Å². The third-order valence-corrected chi connectivity index (χ3v) is 4.80. The molecule has 0 heterocycles. The molecule has 0 aliphatic heterocycles. The Hall–Kier alpha value is -0.130. The Bertz CT molecular complexity index is 262. The van der Waals surface area contributed by atoms with Crippen LogP contribution in [0, 0.1) is 5.92 Å². The second kappa shape index (κ2) is 6.45. The monoisotopic (exact) mass is 237 g/mol. The fourth-order valence-electron chi connectivity index (χ4n) is 1.21. The van der Waals surface area contributed by atoms with Gasteiger partial charge in [0.2, 0.25) is 10.0 Å². The van der Waals surface area contributed by atoms with E-state index < -0.39 is 10.0 Å². The van der Waals surface area contributed by atoms with Gasteiger partial charge in [0.1, 0.15) is 0 Å². The molecule has 92 valence electrons. The van der Waals surface area contributed by atoms with Gasteiger partial charge >= 0.3 is 0 Å². The molecule has 4 nitrogen and oxygen atoms in total. The standard InChI is InChI=1S/C10H23NO3S/c1-9(2)10(3)11(4)15(13,14)8-6-5-7-12/h9-10,12H,5-8H2,1-4H3. The molecule has 1 atom stereocenters. The van der Waals surface area contributed by atoms with Crippen LogP contribution in [0.15, 0.2) is 0 Å². The minimum absolute atomic E-state index is 0.0177. The number of hydrogen-bond acceptors (Lipinski definition) is 3. The number of rotatable bonds is 7. The first-order valence-electron chi connectivity index (χ1n) is 5.39. The van der Waals surface area contributed by atoms with Crippen molar-refractivity contribution in [1.82, 2.24) is 4.31 Å². The van der Waals surface area contributed by atoms with Crippen LogP contribution < -0.4 is 0 Å². The van der Waals surface area contributed by atoms with Crippen LogP contribution in [0.3, 0.4) is 0 Å². The summed E-state index contributed by atoms with van der Waals surface area (Å²) >= 11 is 0. The zero-order chi connectivity index (χ0) is 12.1. The van der Waals surface area contributed by atoms with Crippen LogP contribution in [0.2, 0.25) is 0 Å². The molecule has 0 radical (unpaired) electrons. The predicted octanol–water partition coefficient (Wildman–Crippen LogP) is 1.06. The van der Waals surface area contributed by atoms with Crippen LogP contribution in [-0.4, -0.2) is 43.3 Å². The van der Waals surface area contributed by atoms with Gasteiger partial charge in [-0.3, -0.25) is 0 Å². The summed E-state index contributed by atoms with van der Waals surface area (Å²) in [4.78, 5) is 0. The van der Waals surface area contributed by atoms with Crippen LogP contribution in [0.5, 0.6) is 0 Å². The van der Waals surface area contributed by atoms with Gasteiger partial charge in [-0.2, -0.15) is 0 Å². The molecule has 1 N–H and O–H groups in total. The van der Waals surface area contributed by atoms with E-state index in [9.17, 15) is 8.42 Å². The molecule has 0 aromatic heterocycles. The first kappa shape index (κ1) is 14.9. The molecule has 0 aliphatic carbocycles. The van der Waals surface area contributed by atoms with Crippen molar-refractivity contribution in [3.8, 4) is 0 Å². The molecule has 0 saturated heterocycles. The number of nitrogens with zero attached hydrogens (tertiary/aromatic N) is 1. The SMILES string of the molecule is CC(C)C(C)N(C)S(=O)(=O)CCCCO. The molecule has 0 aromatic rings. The van der Waals surface area contributed by atoms with E-state index in [1.165, 1.54) is 4.31 Å². The topological polar surface area (TPSA) is 57.6 Å². The van der Waals surface area contributed by atoms with Crippen molar-refractivity contribution in [3.05, 3.63) is 0 Å². The van der Waals surface area contributed by atoms with Gasteiger partial charge < -0.3 is 5.11 Å². The molecule has 0 rings (SSSR count). The van der Waals surface area contributed by atoms with Gasteiger partial charge in [-0.05, 0) is 25.7 Å². The minimum atomic E-state index is -3.15. The van der Waals surface area contributed by atoms with Crippen LogP contribution in [-0.2, 0) is 10.0 Å². The smallest absolute Gasteiger partial charge is 0.214 e. The highest BCUT2D eigenvalue weighted by molar-refractivity contribution is 7.89. The molecule has 5 heteroatoms. The van der Waals surface area contributed by atoms with Gasteiger partial charge in [0.05, 0.1) is 5.75 Å². The van der Waals surface area contributed by atoms with Crippen molar-refractivity contribution >= 4 is 10.0 Å². The van der Waals surface area contributed by atoms with Crippen LogP contribution in [0.4, 0.5) is 0 Å². The lowest BCUT2D eigenvalue weighted by Crippen LogP contribution is -2.39. The normalized spacial score (nSPS) is 14.9. The fraction of sp³-hybridized carbons (Fsp3) is 1.00. The Balaban J connectivity index is 4.32. The number of hydrogen-bond donors (Lipinski definition) is 1. The lowest BCUT2D eigenvalue weighted by atomic mass is 10.1. The summed E-state index contributed by atoms with van der Waals surface area (Å²) in [5, 5.41) is 8.59. The second-order valence-corrected chi connectivity index (χ2v) is 6.40. The number of sulfonamides is 1. The van der Waals surface area contributed by atoms with Crippen LogP contribution >= 0.6 is 0 Å². The molecule has 0 spiro atoms. The average Bonchev–Trinajstić information content (AvgIpc) is 2.15. The number of aliphatic hydroxyl groups excluding tert-OH is 1. The molecule has 0 fully saturated rings. The van der Waals surface area contributed by atoms with E-state index in [4.69, 9.17) is 5.11 Å². The summed E-state index contributed by atoms with van der Waals surface area (Å²) in [6, 6.07) is 0.0177. The Morgan fingerprint density at radius 3 is 2.13 bits per heavy atom. The van der Waals surface area contributed by atoms with Gasteiger partial charge in [-0.15, -0.1) is 0 Å². The van der Waals surface area contributed by atoms with Crippen molar-refractivity contribution < 1.29 is 13.5 Å². The summed E-state index contributed by atoms with van der Waals surface area (Å²) in [5.41, 5.74) is 0. The lowest BCUT2D eigenvalue weighted by Gasteiger charge is -2.27. The quantitative estimate of drug-likeness (QED) is 0.674. The molecular formula is C10H23NO3S. The van der Waals surface area contributed by atoms with E-state index in [-0.39, 0.29) is 18.4 Å². The Morgan fingerprint density at radius 2 is 1.73 bits per heavy atom. The van der Waals surface area contributed by atoms with Crippen molar-refractivity contribution in [1.29, 1.82) is 0 Å². The maximum atomic E-state index is 11.8. The maximum Gasteiger partial charge on any atom is 0.214 e. The molecule has 0 amide bonds. The summed E-state index contributed by atoms with van der Waals surface area (Å²) < 4.78 is 25.0. The Morgan fingerprint density at radius 1 is 1.20 bits per heavy atom. The van der Waals surface area contributed by atoms with E-state index in [0.717, 1.165) is 0 Å². The Labute approximate surface area is 93.3 Å². The fourth-order valence-corrected chi connectivity index (χ4v) is 2.82. The molecule has 0 bridgehead atoms. The summed E-state index contributed by atoms with van der Waals surface area (Å²) in [7, 11) is -1.53. The van der Waals surface area contributed by atoms with Gasteiger partial charge in [0, 0.05) is 19.7 Å². The van der Waals surface area contributed by atoms with E-state index in [0.29, 0.717) is 18.8 Å². The molecular weight excluding hydrogens is 214 g/mol. The molecule has 0 aromatic carbocycles. The molecule has 15 heavy (non-hydrogen) atoms. The number of unbranched alkanes of at least 4 members (excludes halogenated alkanes) is 1. The van der Waals surface area contributed by atoms with Crippen molar-refractivity contribution in [2.24, 2.45) is 5.92 Å². The highest BCUT2D eigenvalue weighted by atomic mass is 32.2. The summed E-state index contributed by atoms with van der Waals surface area (Å²) in [6.07, 6.45) is 1.07. The van der Waals surface area contributed by atoms with Gasteiger partial charge in [0.15, 0.2) is 0 Å². The third-order valence-electron chi connectivity index (χ3n) is 2.79. The Kier molecular flexibility index (Phi) is 6.40. The molecule has 1 unspecified atom stereocenters. The average molecular weight is 237 g/mol. The van der Waals surface area contributed by atoms with Crippen molar-refractivity contribution in [3.63, 3.8) is 0 Å². The van der Waals surface area contributed by atoms with Crippen molar-refractivity contribution in [2.75, 3.05) is 19.4 Å². The van der Waals surface area contributed by atoms with Crippen LogP contribution in [0.1, 0.15) is 33.6 Å². The largest absolute Gasteiger partial charge is 0.396 e. The van der Waals surface area contributed by atoms with Crippen molar-refractivity contribution in [2.45, 2.75) is 39.7 Å². The van der Waals surface area contributed by atoms with E-state index in [1.54, 1.807) is 7.05 Å². The minimum Gasteiger partial charge on any atom is -0.396 e. The first-order chi connectivity index (χ1) is 6.83. The van der Waals surface area contributed by atoms with Gasteiger partial charge in [0.25, 0.3) is 0 Å². The maximum absolute atomic E-state index is 11.8. The molecule has 0 saturated carbocycles. The third kappa shape index (κ3) is 4.95.